The predicted molar refractivity (Wildman–Crippen MR) is 61.1 cm³/mol. The summed E-state index contributed by atoms with van der Waals surface area (Å²) in [6.07, 6.45) is -0.832. The molecule has 7 heteroatoms. The lowest BCUT2D eigenvalue weighted by molar-refractivity contribution is 0.172. The van der Waals surface area contributed by atoms with Crippen LogP contribution < -0.4 is 9.50 Å². The molecule has 1 rings (SSSR count). The SMILES string of the molecule is COC(=O)NCS(=O)(=O)Oc1ccc(C)cc1. The molecule has 0 spiro atoms. The van der Waals surface area contributed by atoms with E-state index < -0.39 is 22.1 Å². The van der Waals surface area contributed by atoms with Gasteiger partial charge in [0.25, 0.3) is 0 Å². The van der Waals surface area contributed by atoms with Crippen LogP contribution in [-0.4, -0.2) is 27.5 Å². The first kappa shape index (κ1) is 13.3. The summed E-state index contributed by atoms with van der Waals surface area (Å²) < 4.78 is 31.8. The van der Waals surface area contributed by atoms with Gasteiger partial charge in [0.15, 0.2) is 5.88 Å². The summed E-state index contributed by atoms with van der Waals surface area (Å²) >= 11 is 0. The highest BCUT2D eigenvalue weighted by Crippen LogP contribution is 2.13. The summed E-state index contributed by atoms with van der Waals surface area (Å²) in [5.41, 5.74) is 0.988. The summed E-state index contributed by atoms with van der Waals surface area (Å²) in [6.45, 7) is 1.87. The Kier molecular flexibility index (Phi) is 4.33. The minimum Gasteiger partial charge on any atom is -0.453 e. The number of carbonyl (C=O) groups excluding carboxylic acids is 1. The number of rotatable bonds is 4. The zero-order valence-electron chi connectivity index (χ0n) is 9.47. The van der Waals surface area contributed by atoms with E-state index >= 15 is 0 Å². The number of carbonyl (C=O) groups is 1. The third kappa shape index (κ3) is 4.73. The highest BCUT2D eigenvalue weighted by molar-refractivity contribution is 7.87. The van der Waals surface area contributed by atoms with E-state index in [4.69, 9.17) is 4.18 Å². The summed E-state index contributed by atoms with van der Waals surface area (Å²) in [7, 11) is -2.72. The van der Waals surface area contributed by atoms with Crippen LogP contribution >= 0.6 is 0 Å². The summed E-state index contributed by atoms with van der Waals surface area (Å²) in [4.78, 5) is 10.7. The Balaban J connectivity index is 2.60. The third-order valence-electron chi connectivity index (χ3n) is 1.82. The van der Waals surface area contributed by atoms with Gasteiger partial charge in [-0.3, -0.25) is 0 Å². The van der Waals surface area contributed by atoms with Crippen LogP contribution in [0, 0.1) is 6.92 Å². The molecule has 1 aromatic rings. The third-order valence-corrected chi connectivity index (χ3v) is 2.77. The topological polar surface area (TPSA) is 81.7 Å². The number of nitrogens with one attached hydrogen (secondary N) is 1. The second-order valence-corrected chi connectivity index (χ2v) is 4.84. The molecule has 94 valence electrons. The highest BCUT2D eigenvalue weighted by atomic mass is 32.2. The van der Waals surface area contributed by atoms with Crippen molar-refractivity contribution in [1.82, 2.24) is 5.32 Å². The fourth-order valence-electron chi connectivity index (χ4n) is 0.989. The largest absolute Gasteiger partial charge is 0.453 e. The Hall–Kier alpha value is -1.76. The van der Waals surface area contributed by atoms with Crippen molar-refractivity contribution in [2.45, 2.75) is 6.92 Å². The average molecular weight is 259 g/mol. The molecule has 0 aliphatic heterocycles. The summed E-state index contributed by atoms with van der Waals surface area (Å²) in [5, 5.41) is 2.03. The average Bonchev–Trinajstić information content (AvgIpc) is 2.29. The van der Waals surface area contributed by atoms with Crippen LogP contribution in [0.3, 0.4) is 0 Å². The first-order valence-corrected chi connectivity index (χ1v) is 6.31. The van der Waals surface area contributed by atoms with Gasteiger partial charge >= 0.3 is 16.2 Å². The van der Waals surface area contributed by atoms with Crippen molar-refractivity contribution in [3.63, 3.8) is 0 Å². The van der Waals surface area contributed by atoms with Gasteiger partial charge in [0.2, 0.25) is 0 Å². The first-order chi connectivity index (χ1) is 7.93. The Labute approximate surface area is 99.7 Å². The van der Waals surface area contributed by atoms with E-state index in [1.165, 1.54) is 12.1 Å². The van der Waals surface area contributed by atoms with Gasteiger partial charge in [-0.2, -0.15) is 8.42 Å². The molecule has 0 bridgehead atoms. The quantitative estimate of drug-likeness (QED) is 0.816. The van der Waals surface area contributed by atoms with E-state index in [1.54, 1.807) is 12.1 Å². The van der Waals surface area contributed by atoms with E-state index in [1.807, 2.05) is 12.2 Å². The van der Waals surface area contributed by atoms with E-state index in [2.05, 4.69) is 4.74 Å². The zero-order chi connectivity index (χ0) is 12.9. The number of methoxy groups -OCH3 is 1. The molecular formula is C10H13NO5S. The molecule has 0 aliphatic rings. The van der Waals surface area contributed by atoms with E-state index in [0.717, 1.165) is 12.7 Å². The Bertz CT molecular complexity index is 480. The highest BCUT2D eigenvalue weighted by Gasteiger charge is 2.14. The van der Waals surface area contributed by atoms with Crippen molar-refractivity contribution >= 4 is 16.2 Å². The molecule has 0 saturated carbocycles. The fourth-order valence-corrected chi connectivity index (χ4v) is 1.75. The second kappa shape index (κ2) is 5.53. The van der Waals surface area contributed by atoms with Crippen molar-refractivity contribution in [3.05, 3.63) is 29.8 Å². The number of aryl methyl sites for hydroxylation is 1. The number of ether oxygens (including phenoxy) is 1. The fraction of sp³-hybridized carbons (Fsp3) is 0.300. The molecule has 17 heavy (non-hydrogen) atoms. The molecule has 0 atom stereocenters. The summed E-state index contributed by atoms with van der Waals surface area (Å²) in [6, 6.07) is 6.51. The Morgan fingerprint density at radius 2 is 1.88 bits per heavy atom. The molecule has 0 unspecified atom stereocenters. The monoisotopic (exact) mass is 259 g/mol. The van der Waals surface area contributed by atoms with Crippen LogP contribution in [0.1, 0.15) is 5.56 Å². The van der Waals surface area contributed by atoms with Gasteiger partial charge in [-0.05, 0) is 19.1 Å². The van der Waals surface area contributed by atoms with Crippen molar-refractivity contribution in [2.75, 3.05) is 13.0 Å². The molecule has 0 radical (unpaired) electrons. The van der Waals surface area contributed by atoms with Gasteiger partial charge in [-0.15, -0.1) is 0 Å². The molecule has 0 saturated heterocycles. The van der Waals surface area contributed by atoms with Gasteiger partial charge in [0.1, 0.15) is 5.75 Å². The van der Waals surface area contributed by atoms with Crippen molar-refractivity contribution in [1.29, 1.82) is 0 Å². The minimum absolute atomic E-state index is 0.197. The van der Waals surface area contributed by atoms with Crippen molar-refractivity contribution in [2.24, 2.45) is 0 Å². The number of hydrogen-bond donors (Lipinski definition) is 1. The van der Waals surface area contributed by atoms with Crippen LogP contribution in [0.5, 0.6) is 5.75 Å². The molecule has 1 aromatic carbocycles. The van der Waals surface area contributed by atoms with E-state index in [9.17, 15) is 13.2 Å². The van der Waals surface area contributed by atoms with Crippen LogP contribution in [0.2, 0.25) is 0 Å². The smallest absolute Gasteiger partial charge is 0.407 e. The molecule has 6 nitrogen and oxygen atoms in total. The maximum absolute atomic E-state index is 11.4. The van der Waals surface area contributed by atoms with Gasteiger partial charge < -0.3 is 14.2 Å². The van der Waals surface area contributed by atoms with Crippen LogP contribution in [-0.2, 0) is 14.9 Å². The maximum Gasteiger partial charge on any atom is 0.407 e. The van der Waals surface area contributed by atoms with Gasteiger partial charge in [-0.1, -0.05) is 17.7 Å². The first-order valence-electron chi connectivity index (χ1n) is 4.73. The molecule has 1 N–H and O–H groups in total. The standard InChI is InChI=1S/C10H13NO5S/c1-8-3-5-9(6-4-8)16-17(13,14)7-11-10(12)15-2/h3-6H,7H2,1-2H3,(H,11,12). The minimum atomic E-state index is -3.86. The Morgan fingerprint density at radius 3 is 2.41 bits per heavy atom. The Morgan fingerprint density at radius 1 is 1.29 bits per heavy atom. The van der Waals surface area contributed by atoms with Gasteiger partial charge in [0.05, 0.1) is 7.11 Å². The number of amides is 1. The lowest BCUT2D eigenvalue weighted by Crippen LogP contribution is -2.31. The molecule has 0 aliphatic carbocycles. The van der Waals surface area contributed by atoms with Crippen molar-refractivity contribution in [3.8, 4) is 5.75 Å². The lowest BCUT2D eigenvalue weighted by Gasteiger charge is -2.07. The predicted octanol–water partition coefficient (Wildman–Crippen LogP) is 1.02. The van der Waals surface area contributed by atoms with E-state index in [0.29, 0.717) is 0 Å². The maximum atomic E-state index is 11.4. The van der Waals surface area contributed by atoms with Gasteiger partial charge in [0, 0.05) is 0 Å². The number of hydrogen-bond acceptors (Lipinski definition) is 5. The molecule has 1 amide bonds. The van der Waals surface area contributed by atoms with Gasteiger partial charge in [-0.25, -0.2) is 4.79 Å². The zero-order valence-corrected chi connectivity index (χ0v) is 10.3. The number of alkyl carbamates (subject to hydrolysis) is 1. The normalized spacial score (nSPS) is 10.7. The molecule has 0 fully saturated rings. The molecular weight excluding hydrogens is 246 g/mol. The van der Waals surface area contributed by atoms with Crippen LogP contribution in [0.4, 0.5) is 4.79 Å². The molecule has 0 heterocycles. The molecule has 0 aromatic heterocycles. The van der Waals surface area contributed by atoms with Crippen LogP contribution in [0.25, 0.3) is 0 Å². The lowest BCUT2D eigenvalue weighted by atomic mass is 10.2. The van der Waals surface area contributed by atoms with E-state index in [-0.39, 0.29) is 5.75 Å². The number of benzene rings is 1. The van der Waals surface area contributed by atoms with Crippen LogP contribution in [0.15, 0.2) is 24.3 Å². The second-order valence-electron chi connectivity index (χ2n) is 3.27. The van der Waals surface area contributed by atoms with Crippen molar-refractivity contribution < 1.29 is 22.1 Å². The summed E-state index contributed by atoms with van der Waals surface area (Å²) in [5.74, 6) is -0.449.